The third-order valence-corrected chi connectivity index (χ3v) is 5.91. The van der Waals surface area contributed by atoms with Gasteiger partial charge in [0.1, 0.15) is 17.0 Å². The van der Waals surface area contributed by atoms with E-state index in [9.17, 15) is 14.4 Å². The Labute approximate surface area is 181 Å². The number of fused-ring (bicyclic) bond motifs is 1. The molecule has 0 saturated carbocycles. The Hall–Kier alpha value is -3.78. The summed E-state index contributed by atoms with van der Waals surface area (Å²) in [7, 11) is 1.61. The minimum Gasteiger partial charge on any atom is -0.497 e. The van der Waals surface area contributed by atoms with Crippen LogP contribution in [0.25, 0.3) is 20.7 Å². The first-order chi connectivity index (χ1) is 14.9. The van der Waals surface area contributed by atoms with E-state index < -0.39 is 0 Å². The van der Waals surface area contributed by atoms with Gasteiger partial charge in [0.25, 0.3) is 5.56 Å². The molecule has 0 fully saturated rings. The zero-order valence-electron chi connectivity index (χ0n) is 16.9. The summed E-state index contributed by atoms with van der Waals surface area (Å²) in [5.74, 6) is 0.286. The Morgan fingerprint density at radius 1 is 1.13 bits per heavy atom. The Morgan fingerprint density at radius 3 is 2.61 bits per heavy atom. The van der Waals surface area contributed by atoms with Crippen LogP contribution in [0.3, 0.4) is 0 Å². The zero-order valence-corrected chi connectivity index (χ0v) is 17.7. The van der Waals surface area contributed by atoms with Crippen LogP contribution in [0.1, 0.15) is 17.3 Å². The van der Waals surface area contributed by atoms with E-state index in [0.717, 1.165) is 16.2 Å². The highest BCUT2D eigenvalue weighted by Crippen LogP contribution is 2.31. The number of hydrogen-bond donors (Lipinski definition) is 1. The average Bonchev–Trinajstić information content (AvgIpc) is 3.21. The van der Waals surface area contributed by atoms with E-state index in [-0.39, 0.29) is 23.8 Å². The number of Topliss-reactive ketones (excluding diaryl/α,β-unsaturated/α-hetero) is 1. The summed E-state index contributed by atoms with van der Waals surface area (Å²) in [6.45, 7) is 1.28. The minimum atomic E-state index is -0.379. The van der Waals surface area contributed by atoms with Gasteiger partial charge in [-0.3, -0.25) is 19.0 Å². The SMILES string of the molecule is COc1ccc(-c2cc3ncn(CC(=O)Nc4cccc(C(C)=O)c4)c(=O)c3s2)cc1. The normalized spacial score (nSPS) is 10.8. The lowest BCUT2D eigenvalue weighted by Crippen LogP contribution is -2.27. The first kappa shape index (κ1) is 20.5. The number of anilines is 1. The molecule has 0 spiro atoms. The largest absolute Gasteiger partial charge is 0.497 e. The Balaban J connectivity index is 1.56. The first-order valence-electron chi connectivity index (χ1n) is 9.49. The van der Waals surface area contributed by atoms with E-state index in [4.69, 9.17) is 4.74 Å². The van der Waals surface area contributed by atoms with Crippen molar-refractivity contribution in [3.8, 4) is 16.2 Å². The smallest absolute Gasteiger partial charge is 0.271 e. The standard InChI is InChI=1S/C23H19N3O4S/c1-14(27)16-4-3-5-17(10-16)25-21(28)12-26-13-24-19-11-20(31-22(19)23(26)29)15-6-8-18(30-2)9-7-15/h3-11,13H,12H2,1-2H3,(H,25,28). The highest BCUT2D eigenvalue weighted by atomic mass is 32.1. The fourth-order valence-corrected chi connectivity index (χ4v) is 4.19. The first-order valence-corrected chi connectivity index (χ1v) is 10.3. The van der Waals surface area contributed by atoms with Gasteiger partial charge < -0.3 is 10.1 Å². The van der Waals surface area contributed by atoms with Gasteiger partial charge in [0, 0.05) is 16.1 Å². The lowest BCUT2D eigenvalue weighted by Gasteiger charge is -2.08. The van der Waals surface area contributed by atoms with Gasteiger partial charge in [-0.25, -0.2) is 4.98 Å². The van der Waals surface area contributed by atoms with Crippen LogP contribution < -0.4 is 15.6 Å². The number of amides is 1. The molecule has 2 aromatic carbocycles. The van der Waals surface area contributed by atoms with Gasteiger partial charge in [-0.15, -0.1) is 11.3 Å². The van der Waals surface area contributed by atoms with Gasteiger partial charge >= 0.3 is 0 Å². The fourth-order valence-electron chi connectivity index (χ4n) is 3.13. The summed E-state index contributed by atoms with van der Waals surface area (Å²) in [5, 5.41) is 2.72. The summed E-state index contributed by atoms with van der Waals surface area (Å²) in [6.07, 6.45) is 1.38. The number of carbonyl (C=O) groups excluding carboxylic acids is 2. The second-order valence-corrected chi connectivity index (χ2v) is 7.97. The predicted octanol–water partition coefficient (Wildman–Crippen LogP) is 3.97. The van der Waals surface area contributed by atoms with Gasteiger partial charge in [-0.05, 0) is 55.0 Å². The fraction of sp³-hybridized carbons (Fsp3) is 0.130. The van der Waals surface area contributed by atoms with E-state index in [1.54, 1.807) is 31.4 Å². The number of ketones is 1. The quantitative estimate of drug-likeness (QED) is 0.465. The van der Waals surface area contributed by atoms with E-state index in [1.807, 2.05) is 30.3 Å². The summed E-state index contributed by atoms with van der Waals surface area (Å²) in [4.78, 5) is 42.1. The molecule has 1 N–H and O–H groups in total. The molecule has 2 aromatic heterocycles. The van der Waals surface area contributed by atoms with Gasteiger partial charge in [-0.2, -0.15) is 0 Å². The maximum atomic E-state index is 12.9. The number of hydrogen-bond acceptors (Lipinski definition) is 6. The lowest BCUT2D eigenvalue weighted by molar-refractivity contribution is -0.116. The number of ether oxygens (including phenoxy) is 1. The number of carbonyl (C=O) groups is 2. The highest BCUT2D eigenvalue weighted by Gasteiger charge is 2.13. The topological polar surface area (TPSA) is 90.3 Å². The molecule has 0 aliphatic carbocycles. The van der Waals surface area contributed by atoms with Gasteiger partial charge in [-0.1, -0.05) is 12.1 Å². The van der Waals surface area contributed by atoms with Gasteiger partial charge in [0.05, 0.1) is 19.0 Å². The van der Waals surface area contributed by atoms with E-state index in [2.05, 4.69) is 10.3 Å². The second-order valence-electron chi connectivity index (χ2n) is 6.92. The number of methoxy groups -OCH3 is 1. The van der Waals surface area contributed by atoms with Crippen LogP contribution in [0.4, 0.5) is 5.69 Å². The molecule has 4 rings (SSSR count). The molecule has 0 aliphatic rings. The maximum Gasteiger partial charge on any atom is 0.271 e. The molecular weight excluding hydrogens is 414 g/mol. The summed E-state index contributed by atoms with van der Waals surface area (Å²) in [5.41, 5.74) is 2.27. The van der Waals surface area contributed by atoms with Gasteiger partial charge in [0.15, 0.2) is 5.78 Å². The zero-order chi connectivity index (χ0) is 22.0. The van der Waals surface area contributed by atoms with Crippen LogP contribution in [0, 0.1) is 0 Å². The summed E-state index contributed by atoms with van der Waals surface area (Å²) in [6, 6.07) is 16.1. The minimum absolute atomic E-state index is 0.0904. The van der Waals surface area contributed by atoms with Crippen LogP contribution >= 0.6 is 11.3 Å². The number of thiophene rings is 1. The molecule has 0 radical (unpaired) electrons. The summed E-state index contributed by atoms with van der Waals surface area (Å²) < 4.78 is 6.94. The van der Waals surface area contributed by atoms with Crippen LogP contribution in [0.2, 0.25) is 0 Å². The van der Waals surface area contributed by atoms with Crippen molar-refractivity contribution in [2.75, 3.05) is 12.4 Å². The van der Waals surface area contributed by atoms with E-state index >= 15 is 0 Å². The Bertz CT molecular complexity index is 1340. The van der Waals surface area contributed by atoms with Crippen LogP contribution in [-0.4, -0.2) is 28.4 Å². The van der Waals surface area contributed by atoms with Crippen molar-refractivity contribution in [2.24, 2.45) is 0 Å². The van der Waals surface area contributed by atoms with Crippen LogP contribution in [0.5, 0.6) is 5.75 Å². The molecule has 31 heavy (non-hydrogen) atoms. The molecule has 2 heterocycles. The predicted molar refractivity (Wildman–Crippen MR) is 121 cm³/mol. The number of nitrogens with zero attached hydrogens (tertiary/aromatic N) is 2. The third kappa shape index (κ3) is 4.39. The van der Waals surface area contributed by atoms with Crippen molar-refractivity contribution in [2.45, 2.75) is 13.5 Å². The molecule has 0 unspecified atom stereocenters. The number of rotatable bonds is 6. The molecule has 8 heteroatoms. The van der Waals surface area contributed by atoms with Crippen molar-refractivity contribution in [1.82, 2.24) is 9.55 Å². The maximum absolute atomic E-state index is 12.9. The van der Waals surface area contributed by atoms with E-state index in [0.29, 0.717) is 21.5 Å². The highest BCUT2D eigenvalue weighted by molar-refractivity contribution is 7.22. The van der Waals surface area contributed by atoms with Crippen LogP contribution in [0.15, 0.2) is 65.7 Å². The van der Waals surface area contributed by atoms with Crippen molar-refractivity contribution >= 4 is 38.9 Å². The average molecular weight is 433 g/mol. The number of aromatic nitrogens is 2. The molecule has 0 saturated heterocycles. The van der Waals surface area contributed by atoms with E-state index in [1.165, 1.54) is 29.2 Å². The molecule has 1 amide bonds. The molecular formula is C23H19N3O4S. The van der Waals surface area contributed by atoms with Crippen molar-refractivity contribution < 1.29 is 14.3 Å². The molecule has 0 aliphatic heterocycles. The molecule has 0 atom stereocenters. The summed E-state index contributed by atoms with van der Waals surface area (Å²) >= 11 is 1.33. The number of nitrogens with one attached hydrogen (secondary N) is 1. The van der Waals surface area contributed by atoms with Crippen molar-refractivity contribution in [3.63, 3.8) is 0 Å². The van der Waals surface area contributed by atoms with Crippen molar-refractivity contribution in [1.29, 1.82) is 0 Å². The molecule has 7 nitrogen and oxygen atoms in total. The molecule has 4 aromatic rings. The Kier molecular flexibility index (Phi) is 5.64. The second kappa shape index (κ2) is 8.53. The number of benzene rings is 2. The molecule has 156 valence electrons. The monoisotopic (exact) mass is 433 g/mol. The van der Waals surface area contributed by atoms with Gasteiger partial charge in [0.2, 0.25) is 5.91 Å². The van der Waals surface area contributed by atoms with Crippen LogP contribution in [-0.2, 0) is 11.3 Å². The molecule has 0 bridgehead atoms. The lowest BCUT2D eigenvalue weighted by atomic mass is 10.1. The Morgan fingerprint density at radius 2 is 1.90 bits per heavy atom. The third-order valence-electron chi connectivity index (χ3n) is 4.75. The van der Waals surface area contributed by atoms with Crippen molar-refractivity contribution in [3.05, 3.63) is 76.8 Å².